The van der Waals surface area contributed by atoms with Crippen molar-refractivity contribution in [3.8, 4) is 0 Å². The van der Waals surface area contributed by atoms with Crippen LogP contribution in [0, 0.1) is 5.92 Å². The average molecular weight is 176 g/mol. The quantitative estimate of drug-likeness (QED) is 0.588. The normalized spacial score (nSPS) is 51.0. The van der Waals surface area contributed by atoms with E-state index in [9.17, 15) is 8.78 Å². The lowest BCUT2D eigenvalue weighted by Crippen LogP contribution is -2.65. The molecule has 0 amide bonds. The summed E-state index contributed by atoms with van der Waals surface area (Å²) in [7, 11) is 0. The molecule has 0 aromatic rings. The van der Waals surface area contributed by atoms with Gasteiger partial charge in [-0.1, -0.05) is 0 Å². The van der Waals surface area contributed by atoms with Gasteiger partial charge in [-0.2, -0.15) is 0 Å². The number of hydrogen-bond acceptors (Lipinski definition) is 2. The summed E-state index contributed by atoms with van der Waals surface area (Å²) < 4.78 is 26.7. The number of nitrogens with two attached hydrogens (primary N) is 1. The highest BCUT2D eigenvalue weighted by Crippen LogP contribution is 2.42. The van der Waals surface area contributed by atoms with E-state index in [1.54, 1.807) is 4.90 Å². The highest BCUT2D eigenvalue weighted by molar-refractivity contribution is 5.08. The van der Waals surface area contributed by atoms with Gasteiger partial charge in [0.25, 0.3) is 5.92 Å². The van der Waals surface area contributed by atoms with Crippen LogP contribution in [0.15, 0.2) is 0 Å². The molecule has 0 spiro atoms. The highest BCUT2D eigenvalue weighted by Gasteiger charge is 2.58. The minimum atomic E-state index is -2.72. The monoisotopic (exact) mass is 176 g/mol. The molecule has 2 saturated heterocycles. The maximum atomic E-state index is 13.4. The zero-order valence-electron chi connectivity index (χ0n) is 7.19. The van der Waals surface area contributed by atoms with Crippen molar-refractivity contribution >= 4 is 0 Å². The van der Waals surface area contributed by atoms with Crippen molar-refractivity contribution in [1.29, 1.82) is 0 Å². The molecule has 2 aliphatic heterocycles. The zero-order chi connectivity index (χ0) is 8.98. The Bertz CT molecular complexity index is 203. The predicted octanol–water partition coefficient (Wildman–Crippen LogP) is 0.675. The van der Waals surface area contributed by atoms with Crippen molar-refractivity contribution < 1.29 is 8.78 Å². The predicted molar refractivity (Wildman–Crippen MR) is 42.1 cm³/mol. The maximum absolute atomic E-state index is 13.4. The van der Waals surface area contributed by atoms with Crippen molar-refractivity contribution in [2.45, 2.75) is 24.8 Å². The van der Waals surface area contributed by atoms with Gasteiger partial charge in [-0.3, -0.25) is 4.90 Å². The summed E-state index contributed by atoms with van der Waals surface area (Å²) in [6.07, 6.45) is 0.822. The Labute approximate surface area is 70.7 Å². The van der Waals surface area contributed by atoms with Crippen LogP contribution in [0.1, 0.15) is 13.3 Å². The molecule has 0 aliphatic carbocycles. The molecule has 2 N–H and O–H groups in total. The zero-order valence-corrected chi connectivity index (χ0v) is 7.19. The second-order valence-electron chi connectivity index (χ2n) is 4.21. The largest absolute Gasteiger partial charge is 0.320 e. The van der Waals surface area contributed by atoms with E-state index in [2.05, 4.69) is 0 Å². The van der Waals surface area contributed by atoms with Crippen LogP contribution in [-0.2, 0) is 0 Å². The van der Waals surface area contributed by atoms with Crippen LogP contribution >= 0.6 is 0 Å². The second kappa shape index (κ2) is 2.17. The van der Waals surface area contributed by atoms with Crippen molar-refractivity contribution in [1.82, 2.24) is 4.90 Å². The number of alkyl halides is 2. The van der Waals surface area contributed by atoms with Crippen LogP contribution in [0.2, 0.25) is 0 Å². The number of nitrogens with zero attached hydrogens (tertiary/aromatic N) is 1. The van der Waals surface area contributed by atoms with Crippen LogP contribution in [-0.4, -0.2) is 36.0 Å². The molecule has 2 fully saturated rings. The summed E-state index contributed by atoms with van der Waals surface area (Å²) in [4.78, 5) is 1.80. The lowest BCUT2D eigenvalue weighted by molar-refractivity contribution is -0.122. The number of piperidine rings is 1. The van der Waals surface area contributed by atoms with Crippen LogP contribution < -0.4 is 5.73 Å². The van der Waals surface area contributed by atoms with Crippen LogP contribution in [0.3, 0.4) is 0 Å². The first kappa shape index (κ1) is 8.38. The molecule has 0 aromatic heterocycles. The van der Waals surface area contributed by atoms with E-state index in [1.807, 2.05) is 0 Å². The summed E-state index contributed by atoms with van der Waals surface area (Å²) in [6, 6.07) is 0. The van der Waals surface area contributed by atoms with E-state index in [0.29, 0.717) is 0 Å². The first-order valence-corrected chi connectivity index (χ1v) is 4.32. The Morgan fingerprint density at radius 3 is 2.83 bits per heavy atom. The molecule has 2 nitrogen and oxygen atoms in total. The van der Waals surface area contributed by atoms with Crippen molar-refractivity contribution in [3.05, 3.63) is 0 Å². The third kappa shape index (κ3) is 0.910. The minimum Gasteiger partial charge on any atom is -0.320 e. The van der Waals surface area contributed by atoms with Gasteiger partial charge in [-0.15, -0.1) is 0 Å². The van der Waals surface area contributed by atoms with Gasteiger partial charge in [-0.05, 0) is 25.8 Å². The average Bonchev–Trinajstić information content (AvgIpc) is 2.30. The van der Waals surface area contributed by atoms with Crippen molar-refractivity contribution in [3.63, 3.8) is 0 Å². The smallest absolute Gasteiger partial charge is 0.278 e. The minimum absolute atomic E-state index is 0.0266. The topological polar surface area (TPSA) is 29.3 Å². The molecule has 12 heavy (non-hydrogen) atoms. The SMILES string of the molecule is CC1(N)C2CCN(C2)CC1(F)F. The van der Waals surface area contributed by atoms with Crippen LogP contribution in [0.25, 0.3) is 0 Å². The van der Waals surface area contributed by atoms with E-state index >= 15 is 0 Å². The van der Waals surface area contributed by atoms with Crippen molar-refractivity contribution in [2.75, 3.05) is 19.6 Å². The molecular weight excluding hydrogens is 162 g/mol. The van der Waals surface area contributed by atoms with E-state index < -0.39 is 11.5 Å². The summed E-state index contributed by atoms with van der Waals surface area (Å²) in [6.45, 7) is 2.87. The molecular formula is C8H14F2N2. The molecule has 0 radical (unpaired) electrons. The molecule has 2 bridgehead atoms. The van der Waals surface area contributed by atoms with Gasteiger partial charge in [0.1, 0.15) is 0 Å². The first-order valence-electron chi connectivity index (χ1n) is 4.32. The Kier molecular flexibility index (Phi) is 1.52. The number of rotatable bonds is 0. The molecule has 2 rings (SSSR count). The van der Waals surface area contributed by atoms with Crippen LogP contribution in [0.4, 0.5) is 8.78 Å². The molecule has 0 aromatic carbocycles. The number of hydrogen-bond donors (Lipinski definition) is 1. The van der Waals surface area contributed by atoms with E-state index in [0.717, 1.165) is 19.5 Å². The molecule has 3 unspecified atom stereocenters. The summed E-state index contributed by atoms with van der Waals surface area (Å²) in [5.74, 6) is -2.74. The summed E-state index contributed by atoms with van der Waals surface area (Å²) in [5, 5.41) is 0. The maximum Gasteiger partial charge on any atom is 0.278 e. The van der Waals surface area contributed by atoms with Gasteiger partial charge in [0.15, 0.2) is 0 Å². The molecule has 3 atom stereocenters. The molecule has 2 heterocycles. The number of halogens is 2. The van der Waals surface area contributed by atoms with E-state index in [1.165, 1.54) is 6.92 Å². The van der Waals surface area contributed by atoms with Crippen LogP contribution in [0.5, 0.6) is 0 Å². The van der Waals surface area contributed by atoms with Gasteiger partial charge in [0.2, 0.25) is 0 Å². The lowest BCUT2D eigenvalue weighted by Gasteiger charge is -2.43. The second-order valence-corrected chi connectivity index (χ2v) is 4.21. The van der Waals surface area contributed by atoms with Gasteiger partial charge >= 0.3 is 0 Å². The number of fused-ring (bicyclic) bond motifs is 2. The van der Waals surface area contributed by atoms with E-state index in [4.69, 9.17) is 5.73 Å². The fourth-order valence-electron chi connectivity index (χ4n) is 2.22. The Hall–Kier alpha value is -0.220. The highest BCUT2D eigenvalue weighted by atomic mass is 19.3. The van der Waals surface area contributed by atoms with Gasteiger partial charge in [0, 0.05) is 6.54 Å². The van der Waals surface area contributed by atoms with Crippen molar-refractivity contribution in [2.24, 2.45) is 11.7 Å². The van der Waals surface area contributed by atoms with Gasteiger partial charge < -0.3 is 5.73 Å². The lowest BCUT2D eigenvalue weighted by atomic mass is 9.79. The third-order valence-electron chi connectivity index (χ3n) is 3.33. The molecule has 0 saturated carbocycles. The van der Waals surface area contributed by atoms with Gasteiger partial charge in [0.05, 0.1) is 12.1 Å². The molecule has 4 heteroatoms. The third-order valence-corrected chi connectivity index (χ3v) is 3.33. The molecule has 2 aliphatic rings. The fourth-order valence-corrected chi connectivity index (χ4v) is 2.22. The summed E-state index contributed by atoms with van der Waals surface area (Å²) >= 11 is 0. The fraction of sp³-hybridized carbons (Fsp3) is 1.00. The van der Waals surface area contributed by atoms with E-state index in [-0.39, 0.29) is 12.5 Å². The Morgan fingerprint density at radius 1 is 1.50 bits per heavy atom. The Balaban J connectivity index is 2.30. The Morgan fingerprint density at radius 2 is 2.17 bits per heavy atom. The first-order chi connectivity index (χ1) is 5.43. The van der Waals surface area contributed by atoms with Gasteiger partial charge in [-0.25, -0.2) is 8.78 Å². The summed E-state index contributed by atoms with van der Waals surface area (Å²) in [5.41, 5.74) is 4.37. The molecule has 70 valence electrons. The standard InChI is InChI=1S/C8H14F2N2/c1-7(11)6-2-3-12(4-6)5-8(7,9)10/h6H,2-5,11H2,1H3.